The van der Waals surface area contributed by atoms with Gasteiger partial charge in [-0.1, -0.05) is 48.0 Å². The van der Waals surface area contributed by atoms with Gasteiger partial charge in [0, 0.05) is 11.3 Å². The number of ether oxygens (including phenoxy) is 2. The van der Waals surface area contributed by atoms with Gasteiger partial charge in [-0.15, -0.1) is 0 Å². The van der Waals surface area contributed by atoms with Gasteiger partial charge in [-0.05, 0) is 66.0 Å². The molecule has 0 spiro atoms. The quantitative estimate of drug-likeness (QED) is 0.456. The minimum Gasteiger partial charge on any atom is -0.489 e. The average molecular weight is 454 g/mol. The maximum absolute atomic E-state index is 12.9. The molecule has 5 heteroatoms. The van der Waals surface area contributed by atoms with Crippen LogP contribution in [0.4, 0.5) is 5.69 Å². The number of hydrogen-bond donors (Lipinski definition) is 1. The zero-order valence-corrected chi connectivity index (χ0v) is 18.4. The number of amides is 1. The Morgan fingerprint density at radius 3 is 2.45 bits per heavy atom. The third-order valence-corrected chi connectivity index (χ3v) is 5.02. The van der Waals surface area contributed by atoms with Gasteiger partial charge in [0.1, 0.15) is 6.61 Å². The van der Waals surface area contributed by atoms with Crippen molar-refractivity contribution in [2.24, 2.45) is 0 Å². The molecule has 0 saturated heterocycles. The topological polar surface area (TPSA) is 47.6 Å². The molecular formula is C24H24BrNO3. The van der Waals surface area contributed by atoms with Crippen LogP contribution in [0.25, 0.3) is 0 Å². The molecule has 4 nitrogen and oxygen atoms in total. The van der Waals surface area contributed by atoms with E-state index >= 15 is 0 Å². The molecule has 0 saturated carbocycles. The second kappa shape index (κ2) is 9.61. The largest absolute Gasteiger partial charge is 0.489 e. The highest BCUT2D eigenvalue weighted by molar-refractivity contribution is 9.10. The van der Waals surface area contributed by atoms with E-state index in [-0.39, 0.29) is 5.91 Å². The van der Waals surface area contributed by atoms with Crippen LogP contribution in [0.3, 0.4) is 0 Å². The third-order valence-electron chi connectivity index (χ3n) is 4.43. The van der Waals surface area contributed by atoms with Crippen LogP contribution in [0.5, 0.6) is 11.5 Å². The van der Waals surface area contributed by atoms with E-state index in [2.05, 4.69) is 21.2 Å². The van der Waals surface area contributed by atoms with Crippen LogP contribution >= 0.6 is 15.9 Å². The van der Waals surface area contributed by atoms with E-state index in [1.807, 2.05) is 69.3 Å². The van der Waals surface area contributed by atoms with Crippen LogP contribution in [0.1, 0.15) is 34.0 Å². The Morgan fingerprint density at radius 2 is 1.76 bits per heavy atom. The Morgan fingerprint density at radius 1 is 1.00 bits per heavy atom. The lowest BCUT2D eigenvalue weighted by atomic mass is 10.1. The minimum atomic E-state index is -0.203. The number of carbonyl (C=O) groups is 1. The van der Waals surface area contributed by atoms with E-state index < -0.39 is 0 Å². The summed E-state index contributed by atoms with van der Waals surface area (Å²) in [6.45, 7) is 6.79. The van der Waals surface area contributed by atoms with Gasteiger partial charge in [0.25, 0.3) is 5.91 Å². The van der Waals surface area contributed by atoms with Crippen molar-refractivity contribution < 1.29 is 14.3 Å². The van der Waals surface area contributed by atoms with Gasteiger partial charge in [-0.2, -0.15) is 0 Å². The van der Waals surface area contributed by atoms with Crippen LogP contribution in [-0.2, 0) is 6.61 Å². The van der Waals surface area contributed by atoms with Crippen molar-refractivity contribution in [1.29, 1.82) is 0 Å². The molecule has 0 radical (unpaired) electrons. The molecule has 0 aromatic heterocycles. The highest BCUT2D eigenvalue weighted by atomic mass is 79.9. The van der Waals surface area contributed by atoms with Gasteiger partial charge >= 0.3 is 0 Å². The molecule has 3 aromatic carbocycles. The average Bonchev–Trinajstić information content (AvgIpc) is 2.71. The summed E-state index contributed by atoms with van der Waals surface area (Å²) in [5.41, 5.74) is 4.49. The van der Waals surface area contributed by atoms with Crippen molar-refractivity contribution in [2.45, 2.75) is 27.4 Å². The molecule has 1 N–H and O–H groups in total. The van der Waals surface area contributed by atoms with Crippen molar-refractivity contribution >= 4 is 27.5 Å². The van der Waals surface area contributed by atoms with Crippen molar-refractivity contribution in [3.8, 4) is 11.5 Å². The molecule has 0 aliphatic rings. The summed E-state index contributed by atoms with van der Waals surface area (Å²) in [5, 5.41) is 2.98. The minimum absolute atomic E-state index is 0.203. The lowest BCUT2D eigenvalue weighted by molar-refractivity contribution is 0.102. The number of rotatable bonds is 7. The summed E-state index contributed by atoms with van der Waals surface area (Å²) in [4.78, 5) is 12.9. The van der Waals surface area contributed by atoms with E-state index in [1.165, 1.54) is 0 Å². The van der Waals surface area contributed by atoms with Gasteiger partial charge in [-0.3, -0.25) is 4.79 Å². The number of nitrogens with one attached hydrogen (secondary N) is 1. The standard InChI is InChI=1S/C24H24BrNO3/c1-4-28-23-20(25)13-19(14-22(23)29-15-18-8-6-5-7-9-18)24(27)26-21-11-10-16(2)12-17(21)3/h5-14H,4,15H2,1-3H3,(H,26,27). The van der Waals surface area contributed by atoms with Gasteiger partial charge in [0.05, 0.1) is 11.1 Å². The van der Waals surface area contributed by atoms with E-state index in [4.69, 9.17) is 9.47 Å². The van der Waals surface area contributed by atoms with Gasteiger partial charge in [-0.25, -0.2) is 0 Å². The molecule has 3 rings (SSSR count). The van der Waals surface area contributed by atoms with Crippen LogP contribution in [-0.4, -0.2) is 12.5 Å². The predicted molar refractivity (Wildman–Crippen MR) is 120 cm³/mol. The zero-order chi connectivity index (χ0) is 20.8. The fourth-order valence-corrected chi connectivity index (χ4v) is 3.53. The summed E-state index contributed by atoms with van der Waals surface area (Å²) >= 11 is 3.52. The van der Waals surface area contributed by atoms with Gasteiger partial charge in [0.2, 0.25) is 0 Å². The fourth-order valence-electron chi connectivity index (χ4n) is 2.97. The maximum Gasteiger partial charge on any atom is 0.255 e. The van der Waals surface area contributed by atoms with E-state index in [1.54, 1.807) is 12.1 Å². The van der Waals surface area contributed by atoms with Crippen molar-refractivity contribution in [3.63, 3.8) is 0 Å². The van der Waals surface area contributed by atoms with Crippen molar-refractivity contribution in [1.82, 2.24) is 0 Å². The van der Waals surface area contributed by atoms with Gasteiger partial charge in [0.15, 0.2) is 11.5 Å². The maximum atomic E-state index is 12.9. The Hall–Kier alpha value is -2.79. The second-order valence-electron chi connectivity index (χ2n) is 6.77. The highest BCUT2D eigenvalue weighted by Crippen LogP contribution is 2.37. The van der Waals surface area contributed by atoms with Crippen LogP contribution in [0.2, 0.25) is 0 Å². The fraction of sp³-hybridized carbons (Fsp3) is 0.208. The number of hydrogen-bond acceptors (Lipinski definition) is 3. The molecule has 150 valence electrons. The first-order valence-electron chi connectivity index (χ1n) is 9.49. The van der Waals surface area contributed by atoms with Crippen LogP contribution < -0.4 is 14.8 Å². The monoisotopic (exact) mass is 453 g/mol. The second-order valence-corrected chi connectivity index (χ2v) is 7.62. The Balaban J connectivity index is 1.86. The predicted octanol–water partition coefficient (Wildman–Crippen LogP) is 6.30. The Labute approximate surface area is 180 Å². The van der Waals surface area contributed by atoms with Crippen LogP contribution in [0.15, 0.2) is 65.1 Å². The molecule has 1 amide bonds. The first kappa shape index (κ1) is 20.9. The molecule has 3 aromatic rings. The summed E-state index contributed by atoms with van der Waals surface area (Å²) in [6.07, 6.45) is 0. The number of carbonyl (C=O) groups excluding carboxylic acids is 1. The SMILES string of the molecule is CCOc1c(Br)cc(C(=O)Nc2ccc(C)cc2C)cc1OCc1ccccc1. The molecule has 0 atom stereocenters. The van der Waals surface area contributed by atoms with Gasteiger partial charge < -0.3 is 14.8 Å². The molecule has 0 heterocycles. The molecule has 29 heavy (non-hydrogen) atoms. The third kappa shape index (κ3) is 5.39. The first-order chi connectivity index (χ1) is 14.0. The molecule has 0 aliphatic heterocycles. The number of anilines is 1. The van der Waals surface area contributed by atoms with Crippen molar-refractivity contribution in [2.75, 3.05) is 11.9 Å². The molecule has 0 aliphatic carbocycles. The molecule has 0 bridgehead atoms. The lowest BCUT2D eigenvalue weighted by Gasteiger charge is -2.16. The summed E-state index contributed by atoms with van der Waals surface area (Å²) in [7, 11) is 0. The number of halogens is 1. The first-order valence-corrected chi connectivity index (χ1v) is 10.3. The van der Waals surface area contributed by atoms with E-state index in [0.29, 0.717) is 34.7 Å². The Bertz CT molecular complexity index is 1000. The smallest absolute Gasteiger partial charge is 0.255 e. The van der Waals surface area contributed by atoms with E-state index in [9.17, 15) is 4.79 Å². The summed E-state index contributed by atoms with van der Waals surface area (Å²) in [6, 6.07) is 19.3. The Kier molecular flexibility index (Phi) is 6.94. The van der Waals surface area contributed by atoms with Crippen molar-refractivity contribution in [3.05, 3.63) is 87.4 Å². The molecular weight excluding hydrogens is 430 g/mol. The lowest BCUT2D eigenvalue weighted by Crippen LogP contribution is -2.13. The molecule has 0 unspecified atom stereocenters. The summed E-state index contributed by atoms with van der Waals surface area (Å²) < 4.78 is 12.4. The molecule has 0 fully saturated rings. The van der Waals surface area contributed by atoms with Crippen LogP contribution in [0, 0.1) is 13.8 Å². The normalized spacial score (nSPS) is 10.5. The highest BCUT2D eigenvalue weighted by Gasteiger charge is 2.17. The number of benzene rings is 3. The zero-order valence-electron chi connectivity index (χ0n) is 16.8. The summed E-state index contributed by atoms with van der Waals surface area (Å²) in [5.74, 6) is 0.910. The number of aryl methyl sites for hydroxylation is 2. The van der Waals surface area contributed by atoms with E-state index in [0.717, 1.165) is 22.4 Å².